The molecule has 0 fully saturated rings. The van der Waals surface area contributed by atoms with E-state index < -0.39 is 109 Å². The Hall–Kier alpha value is -7.28. The van der Waals surface area contributed by atoms with Gasteiger partial charge in [0, 0.05) is 36.4 Å². The van der Waals surface area contributed by atoms with Gasteiger partial charge in [-0.1, -0.05) is 74.5 Å². The number of aliphatic carboxylic acids is 2. The minimum absolute atomic E-state index is 0.00582. The fourth-order valence-corrected chi connectivity index (χ4v) is 6.42. The van der Waals surface area contributed by atoms with Crippen LogP contribution in [0.5, 0.6) is 5.75 Å². The Kier molecular flexibility index (Phi) is 17.5. The fraction of sp³-hybridized carbons (Fsp3) is 0.349. The fourth-order valence-electron chi connectivity index (χ4n) is 6.42. The number of benzene rings is 3. The number of hydrogen-bond acceptors (Lipinski definition) is 10. The number of aromatic nitrogens is 1. The molecule has 0 bridgehead atoms. The first kappa shape index (κ1) is 47.4. The zero-order valence-corrected chi connectivity index (χ0v) is 34.2. The highest BCUT2D eigenvalue weighted by molar-refractivity contribution is 5.96. The number of aromatic hydroxyl groups is 1. The number of para-hydroxylation sites is 1. The summed E-state index contributed by atoms with van der Waals surface area (Å²) in [4.78, 5) is 106. The lowest BCUT2D eigenvalue weighted by atomic mass is 9.99. The first-order valence-corrected chi connectivity index (χ1v) is 19.8. The summed E-state index contributed by atoms with van der Waals surface area (Å²) >= 11 is 0. The number of carbonyl (C=O) groups excluding carboxylic acids is 6. The molecule has 0 saturated heterocycles. The van der Waals surface area contributed by atoms with E-state index in [2.05, 4.69) is 36.9 Å². The Labute approximate surface area is 356 Å². The minimum atomic E-state index is -1.53. The summed E-state index contributed by atoms with van der Waals surface area (Å²) in [6.07, 6.45) is 0.812. The quantitative estimate of drug-likeness (QED) is 0.0470. The SMILES string of the molecule is CC(C)[C@H](NC(=O)[C@H](Cc1ccccc1)NC(=O)CNC(=O)[C@@H](N)Cc1ccc(O)cc1)C(=O)N[C@@H](Cc1c[nH]c2ccccc12)C(=O)NCC(=O)N[C@@H](CCC(=O)O)C(=O)O. The summed E-state index contributed by atoms with van der Waals surface area (Å²) in [6, 6.07) is 15.8. The van der Waals surface area contributed by atoms with Crippen LogP contribution in [0.3, 0.4) is 0 Å². The summed E-state index contributed by atoms with van der Waals surface area (Å²) < 4.78 is 0. The van der Waals surface area contributed by atoms with Crippen molar-refractivity contribution in [3.05, 3.63) is 102 Å². The summed E-state index contributed by atoms with van der Waals surface area (Å²) in [6.45, 7) is 2.10. The molecule has 5 atom stereocenters. The summed E-state index contributed by atoms with van der Waals surface area (Å²) in [5.41, 5.74) is 8.79. The normalized spacial score (nSPS) is 13.4. The van der Waals surface area contributed by atoms with Gasteiger partial charge < -0.3 is 57.9 Å². The van der Waals surface area contributed by atoms with Crippen LogP contribution in [0.1, 0.15) is 43.4 Å². The highest BCUT2D eigenvalue weighted by atomic mass is 16.4. The predicted molar refractivity (Wildman–Crippen MR) is 225 cm³/mol. The molecule has 19 nitrogen and oxygen atoms in total. The number of phenols is 1. The number of H-pyrrole nitrogens is 1. The molecule has 0 saturated carbocycles. The third kappa shape index (κ3) is 14.8. The van der Waals surface area contributed by atoms with Gasteiger partial charge in [-0.15, -0.1) is 0 Å². The molecule has 0 unspecified atom stereocenters. The van der Waals surface area contributed by atoms with Gasteiger partial charge in [-0.05, 0) is 53.6 Å². The van der Waals surface area contributed by atoms with E-state index in [0.29, 0.717) is 16.7 Å². The summed E-state index contributed by atoms with van der Waals surface area (Å²) in [5, 5.41) is 43.7. The third-order valence-electron chi connectivity index (χ3n) is 9.77. The van der Waals surface area contributed by atoms with Crippen LogP contribution in [0, 0.1) is 5.92 Å². The summed E-state index contributed by atoms with van der Waals surface area (Å²) in [7, 11) is 0. The van der Waals surface area contributed by atoms with Gasteiger partial charge in [0.25, 0.3) is 0 Å². The van der Waals surface area contributed by atoms with Crippen LogP contribution in [0.15, 0.2) is 85.1 Å². The van der Waals surface area contributed by atoms with Crippen molar-refractivity contribution >= 4 is 58.3 Å². The van der Waals surface area contributed by atoms with E-state index in [1.165, 1.54) is 12.1 Å². The minimum Gasteiger partial charge on any atom is -0.508 e. The number of phenolic OH excluding ortho intramolecular Hbond substituents is 1. The van der Waals surface area contributed by atoms with E-state index >= 15 is 0 Å². The maximum Gasteiger partial charge on any atom is 0.326 e. The van der Waals surface area contributed by atoms with E-state index in [-0.39, 0.29) is 25.0 Å². The first-order valence-electron chi connectivity index (χ1n) is 19.8. The van der Waals surface area contributed by atoms with Crippen LogP contribution in [0.4, 0.5) is 0 Å². The number of nitrogens with two attached hydrogens (primary N) is 1. The van der Waals surface area contributed by atoms with Gasteiger partial charge in [-0.25, -0.2) is 4.79 Å². The zero-order chi connectivity index (χ0) is 45.3. The average molecular weight is 857 g/mol. The van der Waals surface area contributed by atoms with Crippen molar-refractivity contribution in [3.8, 4) is 5.75 Å². The van der Waals surface area contributed by atoms with E-state index in [1.54, 1.807) is 68.6 Å². The molecule has 4 aromatic rings. The molecular formula is C43H52N8O11. The van der Waals surface area contributed by atoms with Gasteiger partial charge >= 0.3 is 11.9 Å². The van der Waals surface area contributed by atoms with E-state index in [4.69, 9.17) is 10.8 Å². The van der Waals surface area contributed by atoms with Crippen molar-refractivity contribution in [2.75, 3.05) is 13.1 Å². The summed E-state index contributed by atoms with van der Waals surface area (Å²) in [5.74, 6) is -7.79. The maximum absolute atomic E-state index is 14.0. The van der Waals surface area contributed by atoms with Gasteiger partial charge in [0.05, 0.1) is 19.1 Å². The molecule has 3 aromatic carbocycles. The van der Waals surface area contributed by atoms with Crippen LogP contribution < -0.4 is 37.6 Å². The average Bonchev–Trinajstić information content (AvgIpc) is 3.65. The Balaban J connectivity index is 1.47. The first-order chi connectivity index (χ1) is 29.5. The molecule has 6 amide bonds. The number of aromatic amines is 1. The Bertz CT molecular complexity index is 2210. The van der Waals surface area contributed by atoms with Crippen LogP contribution in [-0.2, 0) is 57.6 Å². The van der Waals surface area contributed by atoms with Crippen molar-refractivity contribution in [2.24, 2.45) is 11.7 Å². The van der Waals surface area contributed by atoms with Crippen molar-refractivity contribution in [3.63, 3.8) is 0 Å². The van der Waals surface area contributed by atoms with Crippen LogP contribution >= 0.6 is 0 Å². The lowest BCUT2D eigenvalue weighted by Crippen LogP contribution is -2.59. The van der Waals surface area contributed by atoms with Crippen molar-refractivity contribution in [2.45, 2.75) is 76.2 Å². The molecule has 0 aliphatic carbocycles. The number of carbonyl (C=O) groups is 8. The Morgan fingerprint density at radius 2 is 1.21 bits per heavy atom. The number of nitrogens with one attached hydrogen (secondary N) is 7. The topological polar surface area (TPSA) is 311 Å². The van der Waals surface area contributed by atoms with E-state index in [1.807, 2.05) is 18.2 Å². The Morgan fingerprint density at radius 3 is 1.84 bits per heavy atom. The van der Waals surface area contributed by atoms with E-state index in [9.17, 15) is 48.6 Å². The molecule has 1 aromatic heterocycles. The second-order valence-corrected chi connectivity index (χ2v) is 15.0. The monoisotopic (exact) mass is 856 g/mol. The van der Waals surface area contributed by atoms with Gasteiger partial charge in [0.15, 0.2) is 0 Å². The highest BCUT2D eigenvalue weighted by Gasteiger charge is 2.33. The molecule has 330 valence electrons. The molecule has 0 spiro atoms. The van der Waals surface area contributed by atoms with Crippen LogP contribution in [0.25, 0.3) is 10.9 Å². The molecule has 1 heterocycles. The second kappa shape index (κ2) is 22.9. The van der Waals surface area contributed by atoms with Gasteiger partial charge in [0.1, 0.15) is 29.9 Å². The standard InChI is InChI=1S/C43H52N8O11/c1-24(2)38(51-41(59)33(19-25-8-4-3-5-9-25)49-36(54)22-46-39(57)30(44)18-26-12-14-28(52)15-13-26)42(60)50-34(20-27-21-45-31-11-7-6-10-29(27)31)40(58)47-23-35(53)48-32(43(61)62)16-17-37(55)56/h3-15,21,24,30,32-34,38,45,52H,16-20,22-23,44H2,1-2H3,(H,46,57)(H,47,58)(H,48,53)(H,49,54)(H,50,60)(H,51,59)(H,55,56)(H,61,62)/t30-,32-,33-,34-,38-/m0/s1. The number of carboxylic acids is 2. The van der Waals surface area contributed by atoms with Gasteiger partial charge in [-0.2, -0.15) is 0 Å². The second-order valence-electron chi connectivity index (χ2n) is 15.0. The highest BCUT2D eigenvalue weighted by Crippen LogP contribution is 2.20. The molecule has 4 rings (SSSR count). The van der Waals surface area contributed by atoms with Crippen molar-refractivity contribution < 1.29 is 53.7 Å². The number of carboxylic acid groups (broad SMARTS) is 2. The molecular weight excluding hydrogens is 805 g/mol. The Morgan fingerprint density at radius 1 is 0.629 bits per heavy atom. The van der Waals surface area contributed by atoms with Crippen molar-refractivity contribution in [1.29, 1.82) is 0 Å². The van der Waals surface area contributed by atoms with E-state index in [0.717, 1.165) is 10.9 Å². The number of hydrogen-bond donors (Lipinski definition) is 11. The van der Waals surface area contributed by atoms with Crippen LogP contribution in [0.2, 0.25) is 0 Å². The molecule has 0 radical (unpaired) electrons. The number of amides is 6. The third-order valence-corrected chi connectivity index (χ3v) is 9.77. The molecule has 0 aliphatic heterocycles. The lowest BCUT2D eigenvalue weighted by Gasteiger charge is -2.27. The maximum atomic E-state index is 14.0. The largest absolute Gasteiger partial charge is 0.508 e. The zero-order valence-electron chi connectivity index (χ0n) is 34.2. The number of fused-ring (bicyclic) bond motifs is 1. The molecule has 19 heteroatoms. The number of rotatable bonds is 23. The van der Waals surface area contributed by atoms with Gasteiger partial charge in [0.2, 0.25) is 35.4 Å². The molecule has 62 heavy (non-hydrogen) atoms. The smallest absolute Gasteiger partial charge is 0.326 e. The molecule has 0 aliphatic rings. The predicted octanol–water partition coefficient (Wildman–Crippen LogP) is 0.00570. The lowest BCUT2D eigenvalue weighted by molar-refractivity contribution is -0.143. The van der Waals surface area contributed by atoms with Crippen LogP contribution in [-0.4, -0.2) is 111 Å². The van der Waals surface area contributed by atoms with Crippen molar-refractivity contribution in [1.82, 2.24) is 36.9 Å². The van der Waals surface area contributed by atoms with Gasteiger partial charge in [-0.3, -0.25) is 33.6 Å². The molecule has 12 N–H and O–H groups in total.